The van der Waals surface area contributed by atoms with E-state index in [1.54, 1.807) is 37.4 Å². The Labute approximate surface area is 148 Å². The Hall–Kier alpha value is -3.42. The highest BCUT2D eigenvalue weighted by Gasteiger charge is 2.20. The fourth-order valence-electron chi connectivity index (χ4n) is 3.10. The zero-order valence-corrected chi connectivity index (χ0v) is 14.4. The topological polar surface area (TPSA) is 102 Å². The van der Waals surface area contributed by atoms with Crippen molar-refractivity contribution < 1.29 is 14.6 Å². The molecule has 132 valence electrons. The maximum absolute atomic E-state index is 12.6. The Balaban J connectivity index is 1.98. The number of hydrogen-bond donors (Lipinski definition) is 2. The van der Waals surface area contributed by atoms with E-state index >= 15 is 0 Å². The fourth-order valence-corrected chi connectivity index (χ4v) is 3.10. The highest BCUT2D eigenvalue weighted by atomic mass is 16.5. The van der Waals surface area contributed by atoms with Crippen molar-refractivity contribution in [1.82, 2.24) is 14.5 Å². The van der Waals surface area contributed by atoms with Crippen LogP contribution in [0, 0.1) is 6.92 Å². The van der Waals surface area contributed by atoms with Crippen LogP contribution in [-0.4, -0.2) is 39.2 Å². The van der Waals surface area contributed by atoms with Crippen LogP contribution in [0.4, 0.5) is 5.82 Å². The molecule has 0 saturated carbocycles. The van der Waals surface area contributed by atoms with Crippen molar-refractivity contribution in [2.75, 3.05) is 19.0 Å². The third kappa shape index (κ3) is 2.46. The summed E-state index contributed by atoms with van der Waals surface area (Å²) in [6.45, 7) is 3.10. The van der Waals surface area contributed by atoms with Gasteiger partial charge in [-0.05, 0) is 31.2 Å². The summed E-state index contributed by atoms with van der Waals surface area (Å²) in [5, 5.41) is 14.1. The Bertz CT molecular complexity index is 1100. The summed E-state index contributed by atoms with van der Waals surface area (Å²) < 4.78 is 7.15. The van der Waals surface area contributed by atoms with Crippen LogP contribution in [0.5, 0.6) is 11.5 Å². The van der Waals surface area contributed by atoms with Gasteiger partial charge >= 0.3 is 0 Å². The molecule has 1 aliphatic heterocycles. The molecular weight excluding hydrogens is 334 g/mol. The second-order valence-electron chi connectivity index (χ2n) is 5.91. The molecule has 0 bridgehead atoms. The predicted molar refractivity (Wildman–Crippen MR) is 95.3 cm³/mol. The zero-order valence-electron chi connectivity index (χ0n) is 14.4. The number of phenolic OH excluding ortho intramolecular Hbond substituents is 1. The van der Waals surface area contributed by atoms with Gasteiger partial charge in [-0.25, -0.2) is 4.98 Å². The first-order chi connectivity index (χ1) is 12.6. The second-order valence-corrected chi connectivity index (χ2v) is 5.91. The number of carbonyl (C=O) groups excluding carboxylic acids is 1. The smallest absolute Gasteiger partial charge is 0.282 e. The van der Waals surface area contributed by atoms with Crippen LogP contribution >= 0.6 is 0 Å². The van der Waals surface area contributed by atoms with Crippen LogP contribution in [0.1, 0.15) is 16.1 Å². The van der Waals surface area contributed by atoms with Gasteiger partial charge in [-0.3, -0.25) is 14.3 Å². The number of rotatable bonds is 2. The molecule has 2 N–H and O–H groups in total. The molecule has 0 aliphatic carbocycles. The van der Waals surface area contributed by atoms with Gasteiger partial charge in [0.05, 0.1) is 18.4 Å². The number of aromatic nitrogens is 3. The van der Waals surface area contributed by atoms with Crippen LogP contribution in [0.15, 0.2) is 35.5 Å². The largest absolute Gasteiger partial charge is 0.504 e. The zero-order chi connectivity index (χ0) is 18.3. The van der Waals surface area contributed by atoms with Crippen molar-refractivity contribution in [2.45, 2.75) is 13.5 Å². The lowest BCUT2D eigenvalue weighted by Gasteiger charge is -2.11. The molecule has 0 unspecified atom stereocenters. The molecule has 1 aromatic carbocycles. The van der Waals surface area contributed by atoms with Crippen LogP contribution < -0.4 is 15.7 Å². The van der Waals surface area contributed by atoms with E-state index in [9.17, 15) is 9.90 Å². The molecule has 0 saturated heterocycles. The highest BCUT2D eigenvalue weighted by Crippen LogP contribution is 2.36. The fraction of sp³-hybridized carbons (Fsp3) is 0.222. The molecule has 1 amide bonds. The minimum atomic E-state index is -0.414. The van der Waals surface area contributed by atoms with Crippen molar-refractivity contribution in [2.24, 2.45) is 4.99 Å². The van der Waals surface area contributed by atoms with Gasteiger partial charge in [0, 0.05) is 24.7 Å². The van der Waals surface area contributed by atoms with E-state index in [0.717, 1.165) is 11.2 Å². The van der Waals surface area contributed by atoms with E-state index in [2.05, 4.69) is 20.3 Å². The summed E-state index contributed by atoms with van der Waals surface area (Å²) in [6, 6.07) is 6.71. The number of ether oxygens (including phenoxy) is 1. The number of nitrogens with one attached hydrogen (secondary N) is 1. The maximum atomic E-state index is 12.6. The lowest BCUT2D eigenvalue weighted by molar-refractivity contribution is 0.0995. The molecule has 3 aromatic rings. The summed E-state index contributed by atoms with van der Waals surface area (Å²) in [4.78, 5) is 25.5. The third-order valence-electron chi connectivity index (χ3n) is 4.36. The summed E-state index contributed by atoms with van der Waals surface area (Å²) >= 11 is 0. The summed E-state index contributed by atoms with van der Waals surface area (Å²) in [6.07, 6.45) is 1.63. The van der Waals surface area contributed by atoms with E-state index < -0.39 is 5.91 Å². The van der Waals surface area contributed by atoms with E-state index in [1.165, 1.54) is 7.11 Å². The van der Waals surface area contributed by atoms with Crippen molar-refractivity contribution in [3.05, 3.63) is 47.3 Å². The van der Waals surface area contributed by atoms with E-state index in [-0.39, 0.29) is 17.1 Å². The summed E-state index contributed by atoms with van der Waals surface area (Å²) in [5.41, 5.74) is 1.74. The standard InChI is InChI=1S/C18H17N5O3/c1-10-11(4-3-7-19-10)17(25)22-18-21-14-12(16-20-8-9-23(16)18)5-6-13(24)15(14)26-2/h3-7,20,24H,8-9H2,1-2H3. The number of fused-ring (bicyclic) bond motifs is 3. The van der Waals surface area contributed by atoms with E-state index in [1.807, 2.05) is 4.57 Å². The number of aromatic hydroxyl groups is 1. The molecule has 8 heteroatoms. The minimum Gasteiger partial charge on any atom is -0.504 e. The summed E-state index contributed by atoms with van der Waals surface area (Å²) in [5.74, 6) is 0.614. The molecule has 0 radical (unpaired) electrons. The quantitative estimate of drug-likeness (QED) is 0.727. The Kier molecular flexibility index (Phi) is 3.80. The molecule has 8 nitrogen and oxygen atoms in total. The van der Waals surface area contributed by atoms with Gasteiger partial charge in [0.25, 0.3) is 5.91 Å². The molecular formula is C18H17N5O3. The van der Waals surface area contributed by atoms with Crippen molar-refractivity contribution in [3.8, 4) is 11.5 Å². The maximum Gasteiger partial charge on any atom is 0.282 e. The van der Waals surface area contributed by atoms with Crippen LogP contribution in [0.25, 0.3) is 10.9 Å². The number of carbonyl (C=O) groups is 1. The van der Waals surface area contributed by atoms with Crippen molar-refractivity contribution in [3.63, 3.8) is 0 Å². The van der Waals surface area contributed by atoms with Gasteiger partial charge < -0.3 is 15.2 Å². The molecule has 26 heavy (non-hydrogen) atoms. The number of nitrogens with zero attached hydrogens (tertiary/aromatic N) is 4. The van der Waals surface area contributed by atoms with E-state index in [4.69, 9.17) is 4.74 Å². The van der Waals surface area contributed by atoms with Gasteiger partial charge in [-0.1, -0.05) is 0 Å². The number of phenols is 1. The third-order valence-corrected chi connectivity index (χ3v) is 4.36. The summed E-state index contributed by atoms with van der Waals surface area (Å²) in [7, 11) is 1.46. The Morgan fingerprint density at radius 3 is 3.00 bits per heavy atom. The first-order valence-electron chi connectivity index (χ1n) is 8.15. The normalized spacial score (nSPS) is 13.5. The van der Waals surface area contributed by atoms with Gasteiger partial charge in [-0.15, -0.1) is 0 Å². The lowest BCUT2D eigenvalue weighted by atomic mass is 10.2. The predicted octanol–water partition coefficient (Wildman–Crippen LogP) is 1.62. The Morgan fingerprint density at radius 1 is 1.38 bits per heavy atom. The number of benzene rings is 1. The average molecular weight is 351 g/mol. The van der Waals surface area contributed by atoms with Crippen LogP contribution in [0.2, 0.25) is 0 Å². The first kappa shape index (κ1) is 16.1. The van der Waals surface area contributed by atoms with Gasteiger partial charge in [0.1, 0.15) is 11.3 Å². The van der Waals surface area contributed by atoms with Crippen molar-refractivity contribution in [1.29, 1.82) is 0 Å². The number of methoxy groups -OCH3 is 1. The van der Waals surface area contributed by atoms with Crippen molar-refractivity contribution >= 4 is 22.6 Å². The monoisotopic (exact) mass is 351 g/mol. The number of anilines is 1. The number of aryl methyl sites for hydroxylation is 1. The molecule has 4 rings (SSSR count). The van der Waals surface area contributed by atoms with Gasteiger partial charge in [0.2, 0.25) is 5.62 Å². The first-order valence-corrected chi connectivity index (χ1v) is 8.15. The van der Waals surface area contributed by atoms with Crippen LogP contribution in [0.3, 0.4) is 0 Å². The molecule has 3 heterocycles. The van der Waals surface area contributed by atoms with Gasteiger partial charge in [0.15, 0.2) is 11.5 Å². The molecule has 0 spiro atoms. The number of amides is 1. The van der Waals surface area contributed by atoms with Crippen LogP contribution in [-0.2, 0) is 6.54 Å². The SMILES string of the molecule is COc1c(O)ccc2c3n(c(=NC(=O)c4cccnc4C)nc12)CCN3. The number of hydrogen-bond acceptors (Lipinski definition) is 6. The lowest BCUT2D eigenvalue weighted by Crippen LogP contribution is -2.25. The second kappa shape index (κ2) is 6.14. The number of pyridine rings is 1. The molecule has 0 atom stereocenters. The molecule has 2 aromatic heterocycles. The highest BCUT2D eigenvalue weighted by molar-refractivity contribution is 5.97. The molecule has 1 aliphatic rings. The average Bonchev–Trinajstić information content (AvgIpc) is 3.12. The van der Waals surface area contributed by atoms with Gasteiger partial charge in [-0.2, -0.15) is 4.99 Å². The minimum absolute atomic E-state index is 0.0178. The Morgan fingerprint density at radius 2 is 2.23 bits per heavy atom. The van der Waals surface area contributed by atoms with E-state index in [0.29, 0.717) is 29.9 Å². The molecule has 0 fully saturated rings.